The normalized spacial score (nSPS) is 12.7. The number of aromatic nitrogens is 2. The van der Waals surface area contributed by atoms with E-state index in [0.717, 1.165) is 11.1 Å². The third-order valence-corrected chi connectivity index (χ3v) is 7.50. The lowest BCUT2D eigenvalue weighted by Crippen LogP contribution is -2.27. The molecule has 1 atom stereocenters. The molecule has 0 radical (unpaired) electrons. The maximum Gasteiger partial charge on any atom is 0.268 e. The highest BCUT2D eigenvalue weighted by molar-refractivity contribution is 7.89. The van der Waals surface area contributed by atoms with E-state index in [2.05, 4.69) is 14.9 Å². The monoisotopic (exact) mass is 439 g/mol. The summed E-state index contributed by atoms with van der Waals surface area (Å²) in [5.74, 6) is 0.834. The zero-order chi connectivity index (χ0) is 21.1. The molecular formula is C22H21N3O3S2. The van der Waals surface area contributed by atoms with Gasteiger partial charge in [-0.25, -0.2) is 13.1 Å². The molecule has 6 nitrogen and oxygen atoms in total. The predicted octanol–water partition coefficient (Wildman–Crippen LogP) is 4.86. The van der Waals surface area contributed by atoms with Crippen LogP contribution in [0.2, 0.25) is 0 Å². The zero-order valence-corrected chi connectivity index (χ0v) is 18.2. The number of rotatable bonds is 7. The molecule has 0 aliphatic rings. The van der Waals surface area contributed by atoms with Crippen LogP contribution >= 0.6 is 11.3 Å². The van der Waals surface area contributed by atoms with Crippen molar-refractivity contribution in [2.75, 3.05) is 6.54 Å². The van der Waals surface area contributed by atoms with Gasteiger partial charge >= 0.3 is 0 Å². The fourth-order valence-corrected chi connectivity index (χ4v) is 5.72. The van der Waals surface area contributed by atoms with Crippen molar-refractivity contribution in [3.63, 3.8) is 0 Å². The van der Waals surface area contributed by atoms with E-state index in [-0.39, 0.29) is 10.8 Å². The summed E-state index contributed by atoms with van der Waals surface area (Å²) in [5, 5.41) is 4.01. The number of hydrogen-bond donors (Lipinski definition) is 1. The molecule has 2 aromatic heterocycles. The minimum Gasteiger partial charge on any atom is -0.333 e. The van der Waals surface area contributed by atoms with Crippen molar-refractivity contribution >= 4 is 21.4 Å². The van der Waals surface area contributed by atoms with Crippen LogP contribution in [0.15, 0.2) is 76.1 Å². The molecule has 154 valence electrons. The lowest BCUT2D eigenvalue weighted by atomic mass is 10.0. The summed E-state index contributed by atoms with van der Waals surface area (Å²) in [6.07, 6.45) is 0. The molecule has 0 saturated heterocycles. The summed E-state index contributed by atoms with van der Waals surface area (Å²) in [7, 11) is -3.66. The number of thiophene rings is 1. The predicted molar refractivity (Wildman–Crippen MR) is 118 cm³/mol. The molecule has 2 aromatic carbocycles. The van der Waals surface area contributed by atoms with Crippen LogP contribution in [0.4, 0.5) is 0 Å². The molecule has 1 N–H and O–H groups in total. The third-order valence-electron chi connectivity index (χ3n) is 4.78. The van der Waals surface area contributed by atoms with Crippen molar-refractivity contribution < 1.29 is 12.9 Å². The van der Waals surface area contributed by atoms with E-state index in [1.807, 2.05) is 67.6 Å². The molecule has 0 fully saturated rings. The van der Waals surface area contributed by atoms with Crippen LogP contribution in [-0.4, -0.2) is 25.1 Å². The smallest absolute Gasteiger partial charge is 0.268 e. The largest absolute Gasteiger partial charge is 0.333 e. The van der Waals surface area contributed by atoms with Crippen molar-refractivity contribution in [2.24, 2.45) is 0 Å². The second-order valence-electron chi connectivity index (χ2n) is 6.98. The van der Waals surface area contributed by atoms with Gasteiger partial charge in [-0.1, -0.05) is 72.7 Å². The molecule has 0 saturated carbocycles. The first-order valence-corrected chi connectivity index (χ1v) is 11.8. The Kier molecular flexibility index (Phi) is 5.80. The first-order valence-electron chi connectivity index (χ1n) is 9.48. The Hall–Kier alpha value is -2.81. The minimum absolute atomic E-state index is 0.0590. The Balaban J connectivity index is 1.53. The average molecular weight is 440 g/mol. The van der Waals surface area contributed by atoms with E-state index in [1.54, 1.807) is 13.0 Å². The summed E-state index contributed by atoms with van der Waals surface area (Å²) in [6.45, 7) is 4.08. The molecule has 2 heterocycles. The summed E-state index contributed by atoms with van der Waals surface area (Å²) in [6, 6.07) is 20.9. The van der Waals surface area contributed by atoms with Crippen molar-refractivity contribution in [3.05, 3.63) is 77.2 Å². The van der Waals surface area contributed by atoms with Crippen LogP contribution in [-0.2, 0) is 10.0 Å². The topological polar surface area (TPSA) is 85.1 Å². The lowest BCUT2D eigenvalue weighted by molar-refractivity contribution is 0.433. The van der Waals surface area contributed by atoms with Gasteiger partial charge < -0.3 is 4.52 Å². The second kappa shape index (κ2) is 8.51. The Morgan fingerprint density at radius 3 is 2.43 bits per heavy atom. The van der Waals surface area contributed by atoms with Gasteiger partial charge in [-0.05, 0) is 24.5 Å². The summed E-state index contributed by atoms with van der Waals surface area (Å²) in [5.41, 5.74) is 1.92. The quantitative estimate of drug-likeness (QED) is 0.445. The number of sulfonamides is 1. The molecule has 0 amide bonds. The van der Waals surface area contributed by atoms with Gasteiger partial charge in [-0.15, -0.1) is 11.3 Å². The molecule has 0 bridgehead atoms. The van der Waals surface area contributed by atoms with E-state index in [9.17, 15) is 8.42 Å². The van der Waals surface area contributed by atoms with Crippen LogP contribution in [0, 0.1) is 6.92 Å². The Labute approximate surface area is 179 Å². The molecule has 1 unspecified atom stereocenters. The highest BCUT2D eigenvalue weighted by Crippen LogP contribution is 2.33. The maximum absolute atomic E-state index is 12.9. The van der Waals surface area contributed by atoms with Crippen molar-refractivity contribution in [1.82, 2.24) is 14.9 Å². The highest BCUT2D eigenvalue weighted by Gasteiger charge is 2.23. The molecule has 0 spiro atoms. The number of nitrogens with zero attached hydrogens (tertiary/aromatic N) is 2. The van der Waals surface area contributed by atoms with Gasteiger partial charge in [0.2, 0.25) is 15.8 Å². The summed E-state index contributed by atoms with van der Waals surface area (Å²) < 4.78 is 33.9. The van der Waals surface area contributed by atoms with Gasteiger partial charge in [0.25, 0.3) is 5.89 Å². The zero-order valence-electron chi connectivity index (χ0n) is 16.6. The van der Waals surface area contributed by atoms with Gasteiger partial charge in [-0.3, -0.25) is 0 Å². The van der Waals surface area contributed by atoms with Crippen LogP contribution in [0.5, 0.6) is 0 Å². The van der Waals surface area contributed by atoms with Crippen LogP contribution in [0.25, 0.3) is 22.2 Å². The van der Waals surface area contributed by atoms with Gasteiger partial charge in [0.1, 0.15) is 0 Å². The Morgan fingerprint density at radius 2 is 1.73 bits per heavy atom. The second-order valence-corrected chi connectivity index (χ2v) is 9.98. The maximum atomic E-state index is 12.9. The molecule has 30 heavy (non-hydrogen) atoms. The highest BCUT2D eigenvalue weighted by atomic mass is 32.2. The number of hydrogen-bond acceptors (Lipinski definition) is 6. The van der Waals surface area contributed by atoms with Crippen molar-refractivity contribution in [1.29, 1.82) is 0 Å². The lowest BCUT2D eigenvalue weighted by Gasteiger charge is -2.13. The SMILES string of the molecule is Cc1sc(-c2nc(-c3ccccc3)no2)cc1S(=O)(=O)NCC(C)c1ccccc1. The van der Waals surface area contributed by atoms with E-state index in [0.29, 0.717) is 28.0 Å². The Bertz CT molecular complexity index is 1230. The van der Waals surface area contributed by atoms with Crippen molar-refractivity contribution in [2.45, 2.75) is 24.7 Å². The molecule has 0 aliphatic carbocycles. The van der Waals surface area contributed by atoms with Gasteiger partial charge in [0.15, 0.2) is 0 Å². The van der Waals surface area contributed by atoms with E-state index in [1.165, 1.54) is 11.3 Å². The minimum atomic E-state index is -3.66. The number of aryl methyl sites for hydroxylation is 1. The number of nitrogens with one attached hydrogen (secondary N) is 1. The van der Waals surface area contributed by atoms with Crippen molar-refractivity contribution in [3.8, 4) is 22.2 Å². The average Bonchev–Trinajstić information content (AvgIpc) is 3.41. The van der Waals surface area contributed by atoms with Gasteiger partial charge in [0.05, 0.1) is 9.77 Å². The molecule has 4 aromatic rings. The van der Waals surface area contributed by atoms with Crippen LogP contribution in [0.1, 0.15) is 23.3 Å². The number of benzene rings is 2. The fraction of sp³-hybridized carbons (Fsp3) is 0.182. The fourth-order valence-electron chi connectivity index (χ4n) is 3.08. The molecular weight excluding hydrogens is 418 g/mol. The van der Waals surface area contributed by atoms with Crippen LogP contribution < -0.4 is 4.72 Å². The first kappa shape index (κ1) is 20.5. The molecule has 8 heteroatoms. The van der Waals surface area contributed by atoms with Gasteiger partial charge in [0, 0.05) is 17.0 Å². The van der Waals surface area contributed by atoms with E-state index >= 15 is 0 Å². The molecule has 4 rings (SSSR count). The van der Waals surface area contributed by atoms with Crippen LogP contribution in [0.3, 0.4) is 0 Å². The summed E-state index contributed by atoms with van der Waals surface area (Å²) in [4.78, 5) is 5.95. The standard InChI is InChI=1S/C22H21N3O3S2/c1-15(17-9-5-3-6-10-17)14-23-30(26,27)20-13-19(29-16(20)2)22-24-21(25-28-22)18-11-7-4-8-12-18/h3-13,15,23H,14H2,1-2H3. The summed E-state index contributed by atoms with van der Waals surface area (Å²) >= 11 is 1.32. The third kappa shape index (κ3) is 4.35. The van der Waals surface area contributed by atoms with E-state index < -0.39 is 10.0 Å². The van der Waals surface area contributed by atoms with Gasteiger partial charge in [-0.2, -0.15) is 4.98 Å². The Morgan fingerprint density at radius 1 is 1.07 bits per heavy atom. The molecule has 0 aliphatic heterocycles. The van der Waals surface area contributed by atoms with E-state index in [4.69, 9.17) is 4.52 Å². The first-order chi connectivity index (χ1) is 14.4.